The fourth-order valence-electron chi connectivity index (χ4n) is 3.28. The van der Waals surface area contributed by atoms with Gasteiger partial charge < -0.3 is 15.4 Å². The van der Waals surface area contributed by atoms with Gasteiger partial charge in [0.1, 0.15) is 6.54 Å². The zero-order valence-corrected chi connectivity index (χ0v) is 15.9. The Morgan fingerprint density at radius 2 is 1.86 bits per heavy atom. The number of carbonyl (C=O) groups is 2. The van der Waals surface area contributed by atoms with Crippen molar-refractivity contribution in [2.24, 2.45) is 5.92 Å². The molecule has 4 N–H and O–H groups in total. The molecular weight excluding hydrogens is 356 g/mol. The summed E-state index contributed by atoms with van der Waals surface area (Å²) < 4.78 is 4.92. The Morgan fingerprint density at radius 1 is 1.11 bits per heavy atom. The van der Waals surface area contributed by atoms with Crippen molar-refractivity contribution < 1.29 is 14.3 Å². The topological polar surface area (TPSA) is 91.5 Å². The van der Waals surface area contributed by atoms with Crippen LogP contribution in [0, 0.1) is 5.92 Å². The second-order valence-electron chi connectivity index (χ2n) is 6.59. The zero-order valence-electron chi connectivity index (χ0n) is 15.9. The first-order valence-electron chi connectivity index (χ1n) is 9.49. The van der Waals surface area contributed by atoms with E-state index in [-0.39, 0.29) is 30.4 Å². The highest BCUT2D eigenvalue weighted by atomic mass is 16.5. The minimum atomic E-state index is -0.355. The second kappa shape index (κ2) is 9.87. The van der Waals surface area contributed by atoms with Crippen molar-refractivity contribution in [1.82, 2.24) is 16.2 Å². The summed E-state index contributed by atoms with van der Waals surface area (Å²) in [6, 6.07) is 17.4. The van der Waals surface area contributed by atoms with E-state index in [9.17, 15) is 9.59 Å². The van der Waals surface area contributed by atoms with Gasteiger partial charge in [0.2, 0.25) is 0 Å². The fourth-order valence-corrected chi connectivity index (χ4v) is 3.28. The summed E-state index contributed by atoms with van der Waals surface area (Å²) in [5.41, 5.74) is 8.75. The number of hydrogen-bond donors (Lipinski definition) is 4. The van der Waals surface area contributed by atoms with Crippen LogP contribution >= 0.6 is 0 Å². The monoisotopic (exact) mass is 382 g/mol. The lowest BCUT2D eigenvalue weighted by Gasteiger charge is -2.19. The highest BCUT2D eigenvalue weighted by Gasteiger charge is 2.28. The Labute approximate surface area is 164 Å². The number of para-hydroxylation sites is 1. The van der Waals surface area contributed by atoms with E-state index in [1.165, 1.54) is 5.56 Å². The summed E-state index contributed by atoms with van der Waals surface area (Å²) in [6.07, 6.45) is 0. The molecule has 1 heterocycles. The van der Waals surface area contributed by atoms with Crippen LogP contribution in [0.5, 0.6) is 0 Å². The van der Waals surface area contributed by atoms with Gasteiger partial charge in [-0.05, 0) is 24.6 Å². The third-order valence-electron chi connectivity index (χ3n) is 4.68. The van der Waals surface area contributed by atoms with Gasteiger partial charge in [-0.25, -0.2) is 5.43 Å². The number of hydrazine groups is 1. The van der Waals surface area contributed by atoms with E-state index in [0.717, 1.165) is 6.54 Å². The van der Waals surface area contributed by atoms with Crippen LogP contribution in [-0.4, -0.2) is 38.1 Å². The van der Waals surface area contributed by atoms with E-state index in [0.29, 0.717) is 24.4 Å². The highest BCUT2D eigenvalue weighted by Crippen LogP contribution is 2.24. The van der Waals surface area contributed by atoms with Gasteiger partial charge in [0.15, 0.2) is 0 Å². The number of rotatable bonds is 8. The van der Waals surface area contributed by atoms with Gasteiger partial charge >= 0.3 is 5.97 Å². The third-order valence-corrected chi connectivity index (χ3v) is 4.68. The summed E-state index contributed by atoms with van der Waals surface area (Å²) in [7, 11) is 0. The van der Waals surface area contributed by atoms with Crippen LogP contribution in [0.4, 0.5) is 5.69 Å². The minimum absolute atomic E-state index is 0.0185. The first-order chi connectivity index (χ1) is 13.7. The van der Waals surface area contributed by atoms with Crippen molar-refractivity contribution in [3.63, 3.8) is 0 Å². The first-order valence-corrected chi connectivity index (χ1v) is 9.49. The molecule has 2 unspecified atom stereocenters. The number of benzene rings is 2. The molecule has 0 aliphatic carbocycles. The Kier molecular flexibility index (Phi) is 7.00. The van der Waals surface area contributed by atoms with E-state index in [1.807, 2.05) is 24.3 Å². The number of nitrogens with one attached hydrogen (secondary N) is 4. The number of esters is 1. The molecule has 7 heteroatoms. The van der Waals surface area contributed by atoms with E-state index in [4.69, 9.17) is 4.74 Å². The van der Waals surface area contributed by atoms with Crippen molar-refractivity contribution in [1.29, 1.82) is 0 Å². The molecule has 2 aromatic carbocycles. The van der Waals surface area contributed by atoms with Crippen molar-refractivity contribution in [3.8, 4) is 0 Å². The maximum Gasteiger partial charge on any atom is 0.325 e. The molecule has 0 saturated carbocycles. The molecular formula is C21H26N4O3. The second-order valence-corrected chi connectivity index (χ2v) is 6.59. The normalized spacial score (nSPS) is 18.5. The number of ether oxygens (including phenoxy) is 1. The first kappa shape index (κ1) is 19.9. The Hall–Kier alpha value is -2.90. The number of hydrogen-bond acceptors (Lipinski definition) is 6. The molecule has 1 amide bonds. The van der Waals surface area contributed by atoms with Gasteiger partial charge in [-0.2, -0.15) is 0 Å². The van der Waals surface area contributed by atoms with Gasteiger partial charge in [0.25, 0.3) is 5.91 Å². The van der Waals surface area contributed by atoms with Gasteiger partial charge in [0, 0.05) is 24.7 Å². The van der Waals surface area contributed by atoms with Crippen LogP contribution in [0.3, 0.4) is 0 Å². The van der Waals surface area contributed by atoms with Crippen LogP contribution in [0.2, 0.25) is 0 Å². The average molecular weight is 382 g/mol. The maximum absolute atomic E-state index is 12.7. The Morgan fingerprint density at radius 3 is 2.64 bits per heavy atom. The SMILES string of the molecule is CCOC(=O)CNc1ccccc1C(=O)NCC1CNNC1c1ccccc1. The van der Waals surface area contributed by atoms with Crippen molar-refractivity contribution in [2.75, 3.05) is 31.6 Å². The number of anilines is 1. The van der Waals surface area contributed by atoms with Gasteiger partial charge in [-0.15, -0.1) is 0 Å². The summed E-state index contributed by atoms with van der Waals surface area (Å²) in [5, 5.41) is 6.00. The van der Waals surface area contributed by atoms with Crippen molar-refractivity contribution >= 4 is 17.6 Å². The molecule has 2 aromatic rings. The van der Waals surface area contributed by atoms with Gasteiger partial charge in [0.05, 0.1) is 18.2 Å². The standard InChI is InChI=1S/C21H26N4O3/c1-2-28-19(26)14-22-18-11-7-6-10-17(18)21(27)23-12-16-13-24-25-20(16)15-8-4-3-5-9-15/h3-11,16,20,22,24-25H,2,12-14H2,1H3,(H,23,27). The molecule has 3 rings (SSSR count). The molecule has 0 bridgehead atoms. The maximum atomic E-state index is 12.7. The molecule has 0 spiro atoms. The summed E-state index contributed by atoms with van der Waals surface area (Å²) in [6.45, 7) is 3.40. The number of amides is 1. The third kappa shape index (κ3) is 5.09. The predicted molar refractivity (Wildman–Crippen MR) is 108 cm³/mol. The molecule has 7 nitrogen and oxygen atoms in total. The van der Waals surface area contributed by atoms with E-state index in [2.05, 4.69) is 33.6 Å². The van der Waals surface area contributed by atoms with Gasteiger partial charge in [-0.3, -0.25) is 15.0 Å². The van der Waals surface area contributed by atoms with E-state index >= 15 is 0 Å². The summed E-state index contributed by atoms with van der Waals surface area (Å²) in [5.74, 6) is -0.303. The highest BCUT2D eigenvalue weighted by molar-refractivity contribution is 6.00. The fraction of sp³-hybridized carbons (Fsp3) is 0.333. The van der Waals surface area contributed by atoms with Crippen molar-refractivity contribution in [2.45, 2.75) is 13.0 Å². The molecule has 1 aliphatic rings. The summed E-state index contributed by atoms with van der Waals surface area (Å²) in [4.78, 5) is 24.3. The largest absolute Gasteiger partial charge is 0.465 e. The smallest absolute Gasteiger partial charge is 0.325 e. The predicted octanol–water partition coefficient (Wildman–Crippen LogP) is 1.86. The van der Waals surface area contributed by atoms with E-state index in [1.54, 1.807) is 25.1 Å². The molecule has 0 radical (unpaired) electrons. The molecule has 28 heavy (non-hydrogen) atoms. The van der Waals surface area contributed by atoms with Crippen LogP contribution < -0.4 is 21.5 Å². The minimum Gasteiger partial charge on any atom is -0.465 e. The molecule has 1 saturated heterocycles. The van der Waals surface area contributed by atoms with E-state index < -0.39 is 0 Å². The number of carbonyl (C=O) groups excluding carboxylic acids is 2. The quantitative estimate of drug-likeness (QED) is 0.521. The molecule has 148 valence electrons. The summed E-state index contributed by atoms with van der Waals surface area (Å²) >= 11 is 0. The average Bonchev–Trinajstić information content (AvgIpc) is 3.20. The van der Waals surface area contributed by atoms with Crippen LogP contribution in [0.1, 0.15) is 28.9 Å². The lowest BCUT2D eigenvalue weighted by molar-refractivity contribution is -0.140. The molecule has 2 atom stereocenters. The van der Waals surface area contributed by atoms with Crippen LogP contribution in [-0.2, 0) is 9.53 Å². The lowest BCUT2D eigenvalue weighted by Crippen LogP contribution is -2.33. The Bertz CT molecular complexity index is 797. The Balaban J connectivity index is 1.60. The van der Waals surface area contributed by atoms with Gasteiger partial charge in [-0.1, -0.05) is 42.5 Å². The van der Waals surface area contributed by atoms with Crippen LogP contribution in [0.15, 0.2) is 54.6 Å². The molecule has 0 aromatic heterocycles. The lowest BCUT2D eigenvalue weighted by atomic mass is 9.95. The molecule has 1 aliphatic heterocycles. The molecule has 1 fully saturated rings. The zero-order chi connectivity index (χ0) is 19.8. The van der Waals surface area contributed by atoms with Crippen LogP contribution in [0.25, 0.3) is 0 Å². The van der Waals surface area contributed by atoms with Crippen molar-refractivity contribution in [3.05, 3.63) is 65.7 Å².